The molecule has 1 aromatic carbocycles. The first-order valence-electron chi connectivity index (χ1n) is 5.52. The number of non-ortho nitro benzene ring substituents is 1. The van der Waals surface area contributed by atoms with Gasteiger partial charge in [0.15, 0.2) is 6.10 Å². The van der Waals surface area contributed by atoms with Crippen LogP contribution in [0.5, 0.6) is 0 Å². The van der Waals surface area contributed by atoms with Crippen LogP contribution < -0.4 is 10.6 Å². The molecule has 0 aliphatic carbocycles. The summed E-state index contributed by atoms with van der Waals surface area (Å²) in [5.41, 5.74) is 0.723. The molecular formula is C11H13N3O6. The van der Waals surface area contributed by atoms with E-state index in [-0.39, 0.29) is 5.69 Å². The highest BCUT2D eigenvalue weighted by molar-refractivity contribution is 5.90. The lowest BCUT2D eigenvalue weighted by Crippen LogP contribution is -2.38. The summed E-state index contributed by atoms with van der Waals surface area (Å²) in [4.78, 5) is 31.8. The highest BCUT2D eigenvalue weighted by Gasteiger charge is 2.15. The minimum atomic E-state index is -1.70. The minimum Gasteiger partial charge on any atom is -0.479 e. The predicted octanol–water partition coefficient (Wildman–Crippen LogP) is 0.470. The van der Waals surface area contributed by atoms with Gasteiger partial charge in [0.25, 0.3) is 5.69 Å². The minimum absolute atomic E-state index is 0.102. The highest BCUT2D eigenvalue weighted by Crippen LogP contribution is 2.20. The van der Waals surface area contributed by atoms with Gasteiger partial charge in [-0.25, -0.2) is 9.59 Å². The van der Waals surface area contributed by atoms with Crippen LogP contribution in [0.3, 0.4) is 0 Å². The van der Waals surface area contributed by atoms with E-state index in [1.54, 1.807) is 6.92 Å². The Morgan fingerprint density at radius 1 is 1.45 bits per heavy atom. The van der Waals surface area contributed by atoms with E-state index < -0.39 is 29.6 Å². The smallest absolute Gasteiger partial charge is 0.334 e. The van der Waals surface area contributed by atoms with Crippen molar-refractivity contribution in [2.45, 2.75) is 13.0 Å². The van der Waals surface area contributed by atoms with Crippen molar-refractivity contribution in [2.24, 2.45) is 0 Å². The molecule has 0 saturated heterocycles. The van der Waals surface area contributed by atoms with Crippen LogP contribution in [0.15, 0.2) is 18.2 Å². The first-order chi connectivity index (χ1) is 9.31. The van der Waals surface area contributed by atoms with E-state index >= 15 is 0 Å². The van der Waals surface area contributed by atoms with Crippen LogP contribution in [-0.4, -0.2) is 39.8 Å². The Labute approximate surface area is 113 Å². The number of carbonyl (C=O) groups excluding carboxylic acids is 1. The Kier molecular flexibility index (Phi) is 4.98. The molecule has 1 atom stereocenters. The molecule has 1 rings (SSSR count). The largest absolute Gasteiger partial charge is 0.479 e. The van der Waals surface area contributed by atoms with Gasteiger partial charge < -0.3 is 20.8 Å². The summed E-state index contributed by atoms with van der Waals surface area (Å²) in [6.45, 7) is 1.13. The van der Waals surface area contributed by atoms with Crippen molar-refractivity contribution in [1.29, 1.82) is 0 Å². The predicted molar refractivity (Wildman–Crippen MR) is 68.5 cm³/mol. The maximum Gasteiger partial charge on any atom is 0.334 e. The summed E-state index contributed by atoms with van der Waals surface area (Å²) in [5.74, 6) is -1.45. The number of nitro groups is 1. The van der Waals surface area contributed by atoms with Gasteiger partial charge in [0, 0.05) is 17.8 Å². The fraction of sp³-hybridized carbons (Fsp3) is 0.273. The van der Waals surface area contributed by atoms with E-state index in [0.29, 0.717) is 11.3 Å². The van der Waals surface area contributed by atoms with E-state index in [9.17, 15) is 19.7 Å². The maximum absolute atomic E-state index is 11.5. The van der Waals surface area contributed by atoms with Crippen molar-refractivity contribution in [2.75, 3.05) is 11.9 Å². The third-order valence-corrected chi connectivity index (χ3v) is 2.41. The molecule has 9 heteroatoms. The number of anilines is 1. The molecular weight excluding hydrogens is 270 g/mol. The number of urea groups is 1. The average Bonchev–Trinajstić information content (AvgIpc) is 2.37. The average molecular weight is 283 g/mol. The Balaban J connectivity index is 2.62. The fourth-order valence-electron chi connectivity index (χ4n) is 1.34. The van der Waals surface area contributed by atoms with Gasteiger partial charge in [-0.05, 0) is 18.6 Å². The van der Waals surface area contributed by atoms with Crippen molar-refractivity contribution in [3.8, 4) is 0 Å². The molecule has 0 aromatic heterocycles. The van der Waals surface area contributed by atoms with Crippen LogP contribution in [0.25, 0.3) is 0 Å². The second kappa shape index (κ2) is 6.48. The molecule has 1 aromatic rings. The van der Waals surface area contributed by atoms with Crippen molar-refractivity contribution >= 4 is 23.4 Å². The number of aryl methyl sites for hydroxylation is 1. The first-order valence-corrected chi connectivity index (χ1v) is 5.52. The molecule has 0 bridgehead atoms. The van der Waals surface area contributed by atoms with E-state index in [2.05, 4.69) is 10.6 Å². The number of carboxylic acid groups (broad SMARTS) is 1. The monoisotopic (exact) mass is 283 g/mol. The molecule has 0 saturated carbocycles. The number of rotatable bonds is 5. The molecule has 9 nitrogen and oxygen atoms in total. The molecule has 0 heterocycles. The maximum atomic E-state index is 11.5. The zero-order chi connectivity index (χ0) is 15.3. The van der Waals surface area contributed by atoms with E-state index in [1.165, 1.54) is 18.2 Å². The van der Waals surface area contributed by atoms with Gasteiger partial charge in [0.05, 0.1) is 11.5 Å². The summed E-state index contributed by atoms with van der Waals surface area (Å²) in [5, 5.41) is 32.5. The van der Waals surface area contributed by atoms with Crippen molar-refractivity contribution in [3.05, 3.63) is 33.9 Å². The number of amides is 2. The standard InChI is InChI=1S/C11H13N3O6/c1-6-4-7(14(19)20)2-3-8(6)13-11(18)12-5-9(15)10(16)17/h2-4,9,15H,5H2,1H3,(H,16,17)(H2,12,13,18). The summed E-state index contributed by atoms with van der Waals surface area (Å²) >= 11 is 0. The third-order valence-electron chi connectivity index (χ3n) is 2.41. The number of benzene rings is 1. The Morgan fingerprint density at radius 3 is 2.60 bits per heavy atom. The molecule has 0 spiro atoms. The zero-order valence-electron chi connectivity index (χ0n) is 10.5. The number of aliphatic carboxylic acids is 1. The Bertz CT molecular complexity index is 545. The van der Waals surface area contributed by atoms with Gasteiger partial charge in [-0.3, -0.25) is 10.1 Å². The number of hydrogen-bond acceptors (Lipinski definition) is 5. The summed E-state index contributed by atoms with van der Waals surface area (Å²) < 4.78 is 0. The van der Waals surface area contributed by atoms with Crippen LogP contribution in [0, 0.1) is 17.0 Å². The molecule has 0 fully saturated rings. The molecule has 1 unspecified atom stereocenters. The number of nitrogens with zero attached hydrogens (tertiary/aromatic N) is 1. The summed E-state index contributed by atoms with van der Waals surface area (Å²) in [6.07, 6.45) is -1.70. The molecule has 108 valence electrons. The number of carboxylic acids is 1. The van der Waals surface area contributed by atoms with Crippen molar-refractivity contribution < 1.29 is 24.7 Å². The lowest BCUT2D eigenvalue weighted by Gasteiger charge is -2.11. The lowest BCUT2D eigenvalue weighted by atomic mass is 10.2. The zero-order valence-corrected chi connectivity index (χ0v) is 10.5. The van der Waals surface area contributed by atoms with Gasteiger partial charge >= 0.3 is 12.0 Å². The molecule has 2 amide bonds. The van der Waals surface area contributed by atoms with Crippen LogP contribution in [-0.2, 0) is 4.79 Å². The van der Waals surface area contributed by atoms with Gasteiger partial charge in [-0.2, -0.15) is 0 Å². The quantitative estimate of drug-likeness (QED) is 0.457. The fourth-order valence-corrected chi connectivity index (χ4v) is 1.34. The number of nitrogens with one attached hydrogen (secondary N) is 2. The number of carbonyl (C=O) groups is 2. The number of aliphatic hydroxyl groups excluding tert-OH is 1. The van der Waals surface area contributed by atoms with E-state index in [1.807, 2.05) is 0 Å². The second-order valence-electron chi connectivity index (χ2n) is 3.95. The molecule has 20 heavy (non-hydrogen) atoms. The van der Waals surface area contributed by atoms with Gasteiger partial charge in [-0.1, -0.05) is 0 Å². The normalized spacial score (nSPS) is 11.5. The third kappa shape index (κ3) is 4.21. The van der Waals surface area contributed by atoms with Gasteiger partial charge in [-0.15, -0.1) is 0 Å². The molecule has 0 aliphatic heterocycles. The summed E-state index contributed by atoms with van der Waals surface area (Å²) in [7, 11) is 0. The summed E-state index contributed by atoms with van der Waals surface area (Å²) in [6, 6.07) is 3.17. The second-order valence-corrected chi connectivity index (χ2v) is 3.95. The number of aliphatic hydroxyl groups is 1. The first kappa shape index (κ1) is 15.4. The van der Waals surface area contributed by atoms with Crippen molar-refractivity contribution in [3.63, 3.8) is 0 Å². The highest BCUT2D eigenvalue weighted by atomic mass is 16.6. The molecule has 0 aliphatic rings. The SMILES string of the molecule is Cc1cc([N+](=O)[O-])ccc1NC(=O)NCC(O)C(=O)O. The Hall–Kier alpha value is -2.68. The van der Waals surface area contributed by atoms with Crippen molar-refractivity contribution in [1.82, 2.24) is 5.32 Å². The van der Waals surface area contributed by atoms with Crippen LogP contribution in [0.1, 0.15) is 5.56 Å². The Morgan fingerprint density at radius 2 is 2.10 bits per heavy atom. The number of nitro benzene ring substituents is 1. The van der Waals surface area contributed by atoms with Crippen LogP contribution >= 0.6 is 0 Å². The van der Waals surface area contributed by atoms with Crippen LogP contribution in [0.2, 0.25) is 0 Å². The topological polar surface area (TPSA) is 142 Å². The lowest BCUT2D eigenvalue weighted by molar-refractivity contribution is -0.384. The van der Waals surface area contributed by atoms with E-state index in [4.69, 9.17) is 10.2 Å². The van der Waals surface area contributed by atoms with Gasteiger partial charge in [0.1, 0.15) is 0 Å². The van der Waals surface area contributed by atoms with Crippen LogP contribution in [0.4, 0.5) is 16.2 Å². The molecule has 0 radical (unpaired) electrons. The van der Waals surface area contributed by atoms with E-state index in [0.717, 1.165) is 0 Å². The number of hydrogen-bond donors (Lipinski definition) is 4. The molecule has 4 N–H and O–H groups in total. The van der Waals surface area contributed by atoms with Gasteiger partial charge in [0.2, 0.25) is 0 Å².